The summed E-state index contributed by atoms with van der Waals surface area (Å²) in [5, 5.41) is 2.71. The number of rotatable bonds is 5. The van der Waals surface area contributed by atoms with Crippen molar-refractivity contribution in [2.75, 3.05) is 0 Å². The Morgan fingerprint density at radius 1 is 1.33 bits per heavy atom. The molecule has 1 atom stereocenters. The Bertz CT molecular complexity index is 198. The minimum atomic E-state index is -0.347. The summed E-state index contributed by atoms with van der Waals surface area (Å²) in [4.78, 5) is 11.8. The molecule has 0 aromatic rings. The third kappa shape index (κ3) is 3.67. The molecule has 2 nitrogen and oxygen atoms in total. The number of amides is 1. The van der Waals surface area contributed by atoms with Gasteiger partial charge < -0.3 is 5.32 Å². The van der Waals surface area contributed by atoms with Crippen LogP contribution in [-0.4, -0.2) is 17.3 Å². The number of alkyl halides is 1. The van der Waals surface area contributed by atoms with Crippen molar-refractivity contribution < 1.29 is 4.79 Å². The van der Waals surface area contributed by atoms with E-state index in [-0.39, 0.29) is 11.3 Å². The average Bonchev–Trinajstić information content (AvgIpc) is 2.72. The summed E-state index contributed by atoms with van der Waals surface area (Å²) in [6.45, 7) is 4.18. The Morgan fingerprint density at radius 2 is 1.87 bits per heavy atom. The van der Waals surface area contributed by atoms with Crippen LogP contribution in [0.2, 0.25) is 0 Å². The molecule has 1 fully saturated rings. The van der Waals surface area contributed by atoms with E-state index in [1.165, 1.54) is 12.8 Å². The number of carbonyl (C=O) groups is 1. The second-order valence-corrected chi connectivity index (χ2v) is 4.94. The zero-order valence-corrected chi connectivity index (χ0v) is 10.5. The van der Waals surface area contributed by atoms with Crippen LogP contribution in [0.1, 0.15) is 52.4 Å². The molecule has 0 aromatic heterocycles. The molecule has 0 spiro atoms. The van der Waals surface area contributed by atoms with Crippen molar-refractivity contribution in [3.05, 3.63) is 0 Å². The molecule has 0 aromatic carbocycles. The van der Waals surface area contributed by atoms with Gasteiger partial charge in [0.05, 0.1) is 0 Å². The van der Waals surface area contributed by atoms with Gasteiger partial charge in [0.2, 0.25) is 5.91 Å². The number of carbonyl (C=O) groups excluding carboxylic acids is 1. The van der Waals surface area contributed by atoms with Crippen LogP contribution in [0.5, 0.6) is 0 Å². The molecule has 1 unspecified atom stereocenters. The molecule has 1 aliphatic rings. The van der Waals surface area contributed by atoms with Crippen LogP contribution < -0.4 is 5.32 Å². The maximum Gasteiger partial charge on any atom is 0.238 e. The second kappa shape index (κ2) is 6.37. The first-order valence-electron chi connectivity index (χ1n) is 6.13. The van der Waals surface area contributed by atoms with Crippen LogP contribution in [-0.2, 0) is 4.79 Å². The molecule has 3 heteroatoms. The van der Waals surface area contributed by atoms with Gasteiger partial charge >= 0.3 is 0 Å². The topological polar surface area (TPSA) is 29.1 Å². The lowest BCUT2D eigenvalue weighted by Crippen LogP contribution is -2.40. The highest BCUT2D eigenvalue weighted by Gasteiger charge is 2.26. The van der Waals surface area contributed by atoms with E-state index in [0.717, 1.165) is 25.7 Å². The van der Waals surface area contributed by atoms with Gasteiger partial charge in [0.1, 0.15) is 5.38 Å². The van der Waals surface area contributed by atoms with E-state index in [4.69, 9.17) is 11.6 Å². The van der Waals surface area contributed by atoms with E-state index in [1.54, 1.807) is 0 Å². The Labute approximate surface area is 97.8 Å². The third-order valence-corrected chi connectivity index (χ3v) is 3.97. The van der Waals surface area contributed by atoms with Crippen molar-refractivity contribution in [2.45, 2.75) is 63.8 Å². The molecular formula is C12H22ClNO. The van der Waals surface area contributed by atoms with E-state index < -0.39 is 0 Å². The number of halogens is 1. The summed E-state index contributed by atoms with van der Waals surface area (Å²) in [6.07, 6.45) is 6.67. The molecule has 0 heterocycles. The predicted molar refractivity (Wildman–Crippen MR) is 64.1 cm³/mol. The summed E-state index contributed by atoms with van der Waals surface area (Å²) in [5.74, 6) is 0.352. The SMILES string of the molecule is CCC(CC)C(Cl)C(=O)NC1CCCC1. The van der Waals surface area contributed by atoms with E-state index >= 15 is 0 Å². The summed E-state index contributed by atoms with van der Waals surface area (Å²) < 4.78 is 0. The zero-order chi connectivity index (χ0) is 11.3. The van der Waals surface area contributed by atoms with Gasteiger partial charge in [-0.25, -0.2) is 0 Å². The van der Waals surface area contributed by atoms with E-state index in [0.29, 0.717) is 12.0 Å². The van der Waals surface area contributed by atoms with Gasteiger partial charge in [0.15, 0.2) is 0 Å². The van der Waals surface area contributed by atoms with Crippen molar-refractivity contribution in [3.63, 3.8) is 0 Å². The number of hydrogen-bond acceptors (Lipinski definition) is 1. The van der Waals surface area contributed by atoms with Crippen molar-refractivity contribution in [1.82, 2.24) is 5.32 Å². The lowest BCUT2D eigenvalue weighted by molar-refractivity contribution is -0.122. The molecule has 0 saturated heterocycles. The summed E-state index contributed by atoms with van der Waals surface area (Å²) >= 11 is 6.16. The van der Waals surface area contributed by atoms with Gasteiger partial charge in [-0.2, -0.15) is 0 Å². The zero-order valence-electron chi connectivity index (χ0n) is 9.76. The molecule has 0 bridgehead atoms. The van der Waals surface area contributed by atoms with Gasteiger partial charge in [-0.05, 0) is 18.8 Å². The Morgan fingerprint density at radius 3 is 2.33 bits per heavy atom. The third-order valence-electron chi connectivity index (χ3n) is 3.41. The van der Waals surface area contributed by atoms with Gasteiger partial charge in [-0.1, -0.05) is 39.5 Å². The molecule has 1 rings (SSSR count). The van der Waals surface area contributed by atoms with Gasteiger partial charge in [0, 0.05) is 6.04 Å². The molecule has 88 valence electrons. The highest BCUT2D eigenvalue weighted by molar-refractivity contribution is 6.31. The second-order valence-electron chi connectivity index (χ2n) is 4.47. The molecule has 0 aliphatic heterocycles. The monoisotopic (exact) mass is 231 g/mol. The van der Waals surface area contributed by atoms with Crippen molar-refractivity contribution >= 4 is 17.5 Å². The number of hydrogen-bond donors (Lipinski definition) is 1. The minimum absolute atomic E-state index is 0.0391. The van der Waals surface area contributed by atoms with Crippen molar-refractivity contribution in [1.29, 1.82) is 0 Å². The Balaban J connectivity index is 2.37. The molecular weight excluding hydrogens is 210 g/mol. The molecule has 1 N–H and O–H groups in total. The standard InChI is InChI=1S/C12H22ClNO/c1-3-9(4-2)11(13)12(15)14-10-7-5-6-8-10/h9-11H,3-8H2,1-2H3,(H,14,15). The van der Waals surface area contributed by atoms with Crippen molar-refractivity contribution in [3.8, 4) is 0 Å². The fourth-order valence-corrected chi connectivity index (χ4v) is 2.69. The lowest BCUT2D eigenvalue weighted by atomic mass is 9.98. The largest absolute Gasteiger partial charge is 0.352 e. The minimum Gasteiger partial charge on any atom is -0.352 e. The van der Waals surface area contributed by atoms with E-state index in [1.807, 2.05) is 0 Å². The molecule has 1 saturated carbocycles. The van der Waals surface area contributed by atoms with Gasteiger partial charge in [-0.3, -0.25) is 4.79 Å². The highest BCUT2D eigenvalue weighted by Crippen LogP contribution is 2.21. The van der Waals surface area contributed by atoms with Crippen LogP contribution in [0.25, 0.3) is 0 Å². The van der Waals surface area contributed by atoms with Gasteiger partial charge in [-0.15, -0.1) is 11.6 Å². The summed E-state index contributed by atoms with van der Waals surface area (Å²) in [6, 6.07) is 0.383. The van der Waals surface area contributed by atoms with Crippen LogP contribution in [0, 0.1) is 5.92 Å². The maximum atomic E-state index is 11.8. The smallest absolute Gasteiger partial charge is 0.238 e. The molecule has 1 amide bonds. The summed E-state index contributed by atoms with van der Waals surface area (Å²) in [7, 11) is 0. The first kappa shape index (κ1) is 12.8. The number of nitrogens with one attached hydrogen (secondary N) is 1. The highest BCUT2D eigenvalue weighted by atomic mass is 35.5. The van der Waals surface area contributed by atoms with Gasteiger partial charge in [0.25, 0.3) is 0 Å². The molecule has 0 radical (unpaired) electrons. The maximum absolute atomic E-state index is 11.8. The van der Waals surface area contributed by atoms with Crippen LogP contribution in [0.15, 0.2) is 0 Å². The Hall–Kier alpha value is -0.240. The first-order chi connectivity index (χ1) is 7.19. The Kier molecular flexibility index (Phi) is 5.44. The quantitative estimate of drug-likeness (QED) is 0.724. The molecule has 1 aliphatic carbocycles. The fourth-order valence-electron chi connectivity index (χ4n) is 2.27. The van der Waals surface area contributed by atoms with Crippen molar-refractivity contribution in [2.24, 2.45) is 5.92 Å². The lowest BCUT2D eigenvalue weighted by Gasteiger charge is -2.21. The average molecular weight is 232 g/mol. The van der Waals surface area contributed by atoms with Crippen LogP contribution >= 0.6 is 11.6 Å². The predicted octanol–water partition coefficient (Wildman–Crippen LogP) is 3.09. The normalized spacial score (nSPS) is 19.5. The van der Waals surface area contributed by atoms with E-state index in [9.17, 15) is 4.79 Å². The van der Waals surface area contributed by atoms with E-state index in [2.05, 4.69) is 19.2 Å². The molecule has 15 heavy (non-hydrogen) atoms. The van der Waals surface area contributed by atoms with Crippen LogP contribution in [0.3, 0.4) is 0 Å². The van der Waals surface area contributed by atoms with Crippen LogP contribution in [0.4, 0.5) is 0 Å². The fraction of sp³-hybridized carbons (Fsp3) is 0.917. The summed E-state index contributed by atoms with van der Waals surface area (Å²) in [5.41, 5.74) is 0. The first-order valence-corrected chi connectivity index (χ1v) is 6.57.